The lowest BCUT2D eigenvalue weighted by molar-refractivity contribution is 0.725. The fourth-order valence-electron chi connectivity index (χ4n) is 8.12. The summed E-state index contributed by atoms with van der Waals surface area (Å²) in [5, 5.41) is 7.86. The number of para-hydroxylation sites is 1. The van der Waals surface area contributed by atoms with Gasteiger partial charge in [-0.15, -0.1) is 0 Å². The van der Waals surface area contributed by atoms with E-state index in [-0.39, 0.29) is 0 Å². The fourth-order valence-corrected chi connectivity index (χ4v) is 9.41. The molecular formula is C43H27NS. The maximum absolute atomic E-state index is 2.47. The van der Waals surface area contributed by atoms with E-state index >= 15 is 0 Å². The normalized spacial score (nSPS) is 13.9. The highest BCUT2D eigenvalue weighted by molar-refractivity contribution is 7.99. The number of nitrogens with zero attached hydrogens (tertiary/aromatic N) is 1. The molecule has 2 aliphatic rings. The summed E-state index contributed by atoms with van der Waals surface area (Å²) >= 11 is 1.91. The SMILES string of the molecule is c1ccc(N(c2cccc3c2Sc2ccccc2C32c3cccc4ccc5cccc2c5c34)c2cccc3ccccc23)cc1. The summed E-state index contributed by atoms with van der Waals surface area (Å²) in [6.07, 6.45) is 0. The zero-order valence-corrected chi connectivity index (χ0v) is 25.3. The summed E-state index contributed by atoms with van der Waals surface area (Å²) in [5.41, 5.74) is 8.59. The van der Waals surface area contributed by atoms with Gasteiger partial charge in [-0.3, -0.25) is 0 Å². The van der Waals surface area contributed by atoms with Crippen molar-refractivity contribution in [3.63, 3.8) is 0 Å². The molecular weight excluding hydrogens is 563 g/mol. The molecule has 1 heterocycles. The van der Waals surface area contributed by atoms with E-state index in [1.54, 1.807) is 0 Å². The van der Waals surface area contributed by atoms with Crippen molar-refractivity contribution in [2.24, 2.45) is 0 Å². The van der Waals surface area contributed by atoms with Crippen molar-refractivity contribution in [2.75, 3.05) is 4.90 Å². The smallest absolute Gasteiger partial charge is 0.0736 e. The molecule has 45 heavy (non-hydrogen) atoms. The van der Waals surface area contributed by atoms with E-state index in [1.165, 1.54) is 75.7 Å². The summed E-state index contributed by atoms with van der Waals surface area (Å²) < 4.78 is 0. The Bertz CT molecular complexity index is 2410. The summed E-state index contributed by atoms with van der Waals surface area (Å²) in [5.74, 6) is 0. The minimum Gasteiger partial charge on any atom is -0.309 e. The predicted molar refractivity (Wildman–Crippen MR) is 190 cm³/mol. The highest BCUT2D eigenvalue weighted by Gasteiger charge is 2.49. The fraction of sp³-hybridized carbons (Fsp3) is 0.0233. The first kappa shape index (κ1) is 25.1. The first-order valence-corrected chi connectivity index (χ1v) is 16.3. The quantitative estimate of drug-likeness (QED) is 0.189. The lowest BCUT2D eigenvalue weighted by atomic mass is 9.67. The van der Waals surface area contributed by atoms with Crippen molar-refractivity contribution in [2.45, 2.75) is 15.2 Å². The van der Waals surface area contributed by atoms with Crippen LogP contribution < -0.4 is 4.90 Å². The van der Waals surface area contributed by atoms with Gasteiger partial charge in [-0.25, -0.2) is 0 Å². The molecule has 0 bridgehead atoms. The van der Waals surface area contributed by atoms with Crippen molar-refractivity contribution in [1.29, 1.82) is 0 Å². The van der Waals surface area contributed by atoms with Crippen LogP contribution in [-0.4, -0.2) is 0 Å². The van der Waals surface area contributed by atoms with Crippen molar-refractivity contribution >= 4 is 61.1 Å². The molecule has 2 heteroatoms. The molecule has 1 nitrogen and oxygen atoms in total. The second-order valence-electron chi connectivity index (χ2n) is 12.0. The zero-order chi connectivity index (χ0) is 29.5. The molecule has 0 radical (unpaired) electrons. The average molecular weight is 590 g/mol. The van der Waals surface area contributed by atoms with Gasteiger partial charge in [-0.05, 0) is 79.5 Å². The Hall–Kier alpha value is -5.31. The van der Waals surface area contributed by atoms with Crippen molar-refractivity contribution in [1.82, 2.24) is 0 Å². The molecule has 0 fully saturated rings. The maximum Gasteiger partial charge on any atom is 0.0736 e. The molecule has 0 amide bonds. The number of fused-ring (bicyclic) bond motifs is 7. The van der Waals surface area contributed by atoms with Gasteiger partial charge in [0, 0.05) is 20.9 Å². The van der Waals surface area contributed by atoms with Gasteiger partial charge in [-0.1, -0.05) is 145 Å². The van der Waals surface area contributed by atoms with Crippen LogP contribution in [0.25, 0.3) is 32.3 Å². The number of rotatable bonds is 3. The summed E-state index contributed by atoms with van der Waals surface area (Å²) in [7, 11) is 0. The Kier molecular flexibility index (Phi) is 5.20. The topological polar surface area (TPSA) is 3.24 Å². The first-order valence-electron chi connectivity index (χ1n) is 15.5. The van der Waals surface area contributed by atoms with Crippen LogP contribution in [0.3, 0.4) is 0 Å². The largest absolute Gasteiger partial charge is 0.309 e. The van der Waals surface area contributed by atoms with E-state index in [9.17, 15) is 0 Å². The van der Waals surface area contributed by atoms with Crippen LogP contribution in [-0.2, 0) is 5.41 Å². The van der Waals surface area contributed by atoms with Gasteiger partial charge in [-0.2, -0.15) is 0 Å². The second-order valence-corrected chi connectivity index (χ2v) is 13.1. The van der Waals surface area contributed by atoms with Gasteiger partial charge < -0.3 is 4.90 Å². The second kappa shape index (κ2) is 9.34. The van der Waals surface area contributed by atoms with Crippen molar-refractivity contribution in [3.05, 3.63) is 186 Å². The Labute approximate surface area is 266 Å². The van der Waals surface area contributed by atoms with Gasteiger partial charge >= 0.3 is 0 Å². The van der Waals surface area contributed by atoms with E-state index in [1.807, 2.05) is 11.8 Å². The zero-order valence-electron chi connectivity index (χ0n) is 24.4. The third-order valence-corrected chi connectivity index (χ3v) is 11.1. The molecule has 0 atom stereocenters. The lowest BCUT2D eigenvalue weighted by Crippen LogP contribution is -2.32. The van der Waals surface area contributed by atoms with Gasteiger partial charge in [0.2, 0.25) is 0 Å². The van der Waals surface area contributed by atoms with Gasteiger partial charge in [0.25, 0.3) is 0 Å². The molecule has 8 aromatic carbocycles. The molecule has 10 rings (SSSR count). The molecule has 0 aromatic heterocycles. The van der Waals surface area contributed by atoms with Crippen LogP contribution >= 0.6 is 11.8 Å². The van der Waals surface area contributed by atoms with E-state index in [0.29, 0.717) is 0 Å². The molecule has 8 aromatic rings. The molecule has 0 unspecified atom stereocenters. The maximum atomic E-state index is 2.47. The Morgan fingerprint density at radius 3 is 1.76 bits per heavy atom. The van der Waals surface area contributed by atoms with Gasteiger partial charge in [0.05, 0.1) is 16.8 Å². The number of hydrogen-bond donors (Lipinski definition) is 0. The van der Waals surface area contributed by atoms with Gasteiger partial charge in [0.1, 0.15) is 0 Å². The monoisotopic (exact) mass is 589 g/mol. The number of anilines is 3. The molecule has 1 aliphatic carbocycles. The molecule has 0 saturated carbocycles. The molecule has 1 spiro atoms. The van der Waals surface area contributed by atoms with Crippen LogP contribution in [0.2, 0.25) is 0 Å². The molecule has 0 N–H and O–H groups in total. The van der Waals surface area contributed by atoms with Gasteiger partial charge in [0.15, 0.2) is 0 Å². The van der Waals surface area contributed by atoms with E-state index in [0.717, 1.165) is 5.69 Å². The number of hydrogen-bond acceptors (Lipinski definition) is 2. The minimum absolute atomic E-state index is 0.420. The Balaban J connectivity index is 1.34. The van der Waals surface area contributed by atoms with Crippen molar-refractivity contribution in [3.8, 4) is 0 Å². The van der Waals surface area contributed by atoms with E-state index in [2.05, 4.69) is 169 Å². The summed E-state index contributed by atoms with van der Waals surface area (Å²) in [6.45, 7) is 0. The van der Waals surface area contributed by atoms with Crippen LogP contribution in [0.1, 0.15) is 22.3 Å². The highest BCUT2D eigenvalue weighted by atomic mass is 32.2. The van der Waals surface area contributed by atoms with Crippen LogP contribution in [0.5, 0.6) is 0 Å². The molecule has 0 saturated heterocycles. The first-order chi connectivity index (χ1) is 22.3. The predicted octanol–water partition coefficient (Wildman–Crippen LogP) is 11.8. The van der Waals surface area contributed by atoms with Crippen LogP contribution in [0.4, 0.5) is 17.1 Å². The summed E-state index contributed by atoms with van der Waals surface area (Å²) in [4.78, 5) is 5.08. The Morgan fingerprint density at radius 1 is 0.400 bits per heavy atom. The van der Waals surface area contributed by atoms with Crippen molar-refractivity contribution < 1.29 is 0 Å². The standard InChI is InChI=1S/C43H27NS/c1-2-16-31(17-3-1)44(37-23-10-13-28-12-4-5-18-32(28)37)38-24-11-22-36-42(38)45-39-25-7-6-19-33(39)43(36)34-20-8-14-29-26-27-30-15-9-21-35(43)41(30)40(29)34/h1-27H. The molecule has 210 valence electrons. The lowest BCUT2D eigenvalue weighted by Gasteiger charge is -2.41. The summed E-state index contributed by atoms with van der Waals surface area (Å²) in [6, 6.07) is 60.6. The molecule has 1 aliphatic heterocycles. The van der Waals surface area contributed by atoms with E-state index < -0.39 is 5.41 Å². The average Bonchev–Trinajstić information content (AvgIpc) is 3.40. The number of benzene rings is 8. The third kappa shape index (κ3) is 3.30. The minimum atomic E-state index is -0.420. The highest BCUT2D eigenvalue weighted by Crippen LogP contribution is 2.63. The van der Waals surface area contributed by atoms with Crippen LogP contribution in [0, 0.1) is 0 Å². The Morgan fingerprint density at radius 2 is 0.956 bits per heavy atom. The third-order valence-electron chi connectivity index (χ3n) is 9.86. The van der Waals surface area contributed by atoms with Crippen LogP contribution in [0.15, 0.2) is 174 Å². The van der Waals surface area contributed by atoms with E-state index in [4.69, 9.17) is 0 Å².